The highest BCUT2D eigenvalue weighted by Crippen LogP contribution is 2.24. The minimum atomic E-state index is 0.601. The van der Waals surface area contributed by atoms with Crippen molar-refractivity contribution in [2.45, 2.75) is 20.4 Å². The van der Waals surface area contributed by atoms with Crippen molar-refractivity contribution in [3.63, 3.8) is 0 Å². The number of hydrogen-bond donors (Lipinski definition) is 1. The van der Waals surface area contributed by atoms with Gasteiger partial charge in [0.05, 0.1) is 17.9 Å². The lowest BCUT2D eigenvalue weighted by molar-refractivity contribution is 0.604. The predicted octanol–water partition coefficient (Wildman–Crippen LogP) is 1.52. The van der Waals surface area contributed by atoms with Crippen LogP contribution in [-0.4, -0.2) is 21.3 Å². The number of pyridine rings is 1. The Morgan fingerprint density at radius 2 is 2.12 bits per heavy atom. The fraction of sp³-hybridized carbons (Fsp3) is 0.333. The van der Waals surface area contributed by atoms with Gasteiger partial charge in [0, 0.05) is 24.0 Å². The molecule has 0 atom stereocenters. The molecule has 0 saturated heterocycles. The summed E-state index contributed by atoms with van der Waals surface area (Å²) in [5, 5.41) is 4.47. The van der Waals surface area contributed by atoms with E-state index in [1.165, 1.54) is 0 Å². The molecule has 4 nitrogen and oxygen atoms in total. The first-order valence-corrected chi connectivity index (χ1v) is 5.39. The van der Waals surface area contributed by atoms with Crippen molar-refractivity contribution in [1.29, 1.82) is 0 Å². The van der Waals surface area contributed by atoms with Gasteiger partial charge in [0.1, 0.15) is 0 Å². The van der Waals surface area contributed by atoms with Gasteiger partial charge in [-0.05, 0) is 26.0 Å². The molecule has 0 aliphatic heterocycles. The largest absolute Gasteiger partial charge is 0.329 e. The Bertz CT molecular complexity index is 473. The summed E-state index contributed by atoms with van der Waals surface area (Å²) in [7, 11) is 0. The number of nitrogens with zero attached hydrogens (tertiary/aromatic N) is 3. The fourth-order valence-electron chi connectivity index (χ4n) is 1.92. The van der Waals surface area contributed by atoms with E-state index >= 15 is 0 Å². The van der Waals surface area contributed by atoms with Crippen LogP contribution >= 0.6 is 0 Å². The van der Waals surface area contributed by atoms with E-state index in [1.54, 1.807) is 6.20 Å². The first-order chi connectivity index (χ1) is 7.74. The molecule has 0 aliphatic rings. The van der Waals surface area contributed by atoms with Gasteiger partial charge in [-0.2, -0.15) is 5.10 Å². The summed E-state index contributed by atoms with van der Waals surface area (Å²) in [6.45, 7) is 5.41. The smallest absolute Gasteiger partial charge is 0.0738 e. The van der Waals surface area contributed by atoms with Crippen molar-refractivity contribution >= 4 is 0 Å². The van der Waals surface area contributed by atoms with Crippen molar-refractivity contribution < 1.29 is 0 Å². The van der Waals surface area contributed by atoms with Crippen LogP contribution < -0.4 is 5.73 Å². The van der Waals surface area contributed by atoms with Crippen LogP contribution in [0, 0.1) is 13.8 Å². The maximum absolute atomic E-state index is 5.55. The van der Waals surface area contributed by atoms with Gasteiger partial charge in [-0.15, -0.1) is 0 Å². The Labute approximate surface area is 95.1 Å². The zero-order valence-electron chi connectivity index (χ0n) is 9.64. The van der Waals surface area contributed by atoms with E-state index in [-0.39, 0.29) is 0 Å². The topological polar surface area (TPSA) is 56.7 Å². The van der Waals surface area contributed by atoms with E-state index < -0.39 is 0 Å². The van der Waals surface area contributed by atoms with Crippen molar-refractivity contribution in [3.05, 3.63) is 35.8 Å². The first kappa shape index (κ1) is 10.8. The summed E-state index contributed by atoms with van der Waals surface area (Å²) >= 11 is 0. The Balaban J connectivity index is 2.49. The summed E-state index contributed by atoms with van der Waals surface area (Å²) < 4.78 is 1.94. The Morgan fingerprint density at radius 3 is 2.75 bits per heavy atom. The Kier molecular flexibility index (Phi) is 3.01. The van der Waals surface area contributed by atoms with Gasteiger partial charge in [-0.1, -0.05) is 6.07 Å². The van der Waals surface area contributed by atoms with Gasteiger partial charge < -0.3 is 5.73 Å². The predicted molar refractivity (Wildman–Crippen MR) is 64.0 cm³/mol. The second-order valence-corrected chi connectivity index (χ2v) is 3.77. The monoisotopic (exact) mass is 216 g/mol. The van der Waals surface area contributed by atoms with Crippen molar-refractivity contribution in [2.24, 2.45) is 5.73 Å². The van der Waals surface area contributed by atoms with E-state index in [0.717, 1.165) is 29.2 Å². The molecule has 0 aromatic carbocycles. The van der Waals surface area contributed by atoms with Crippen molar-refractivity contribution in [3.8, 4) is 11.3 Å². The van der Waals surface area contributed by atoms with Crippen molar-refractivity contribution in [2.75, 3.05) is 6.54 Å². The van der Waals surface area contributed by atoms with Gasteiger partial charge in [-0.25, -0.2) is 0 Å². The molecule has 0 radical (unpaired) electrons. The lowest BCUT2D eigenvalue weighted by atomic mass is 10.1. The molecular formula is C12H16N4. The van der Waals surface area contributed by atoms with Crippen LogP contribution in [0.2, 0.25) is 0 Å². The van der Waals surface area contributed by atoms with Crippen LogP contribution in [0.15, 0.2) is 24.4 Å². The lowest BCUT2D eigenvalue weighted by Crippen LogP contribution is -2.12. The second-order valence-electron chi connectivity index (χ2n) is 3.77. The number of rotatable bonds is 3. The third-order valence-corrected chi connectivity index (χ3v) is 2.64. The maximum Gasteiger partial charge on any atom is 0.0738 e. The maximum atomic E-state index is 5.55. The van der Waals surface area contributed by atoms with Gasteiger partial charge >= 0.3 is 0 Å². The summed E-state index contributed by atoms with van der Waals surface area (Å²) in [5.74, 6) is 0. The molecule has 2 N–H and O–H groups in total. The molecule has 2 aromatic rings. The zero-order valence-corrected chi connectivity index (χ0v) is 9.64. The molecule has 0 bridgehead atoms. The number of nitrogens with two attached hydrogens (primary N) is 1. The molecule has 2 aromatic heterocycles. The third kappa shape index (κ3) is 1.84. The van der Waals surface area contributed by atoms with Gasteiger partial charge in [0.25, 0.3) is 0 Å². The average Bonchev–Trinajstić information content (AvgIpc) is 2.56. The Morgan fingerprint density at radius 1 is 1.31 bits per heavy atom. The first-order valence-electron chi connectivity index (χ1n) is 5.39. The molecule has 0 spiro atoms. The molecule has 84 valence electrons. The quantitative estimate of drug-likeness (QED) is 0.846. The second kappa shape index (κ2) is 4.45. The number of aryl methyl sites for hydroxylation is 1. The van der Waals surface area contributed by atoms with Gasteiger partial charge in [0.15, 0.2) is 0 Å². The van der Waals surface area contributed by atoms with E-state index in [1.807, 2.05) is 29.8 Å². The summed E-state index contributed by atoms with van der Waals surface area (Å²) in [5.41, 5.74) is 9.77. The van der Waals surface area contributed by atoms with E-state index in [4.69, 9.17) is 5.73 Å². The van der Waals surface area contributed by atoms with Crippen molar-refractivity contribution in [1.82, 2.24) is 14.8 Å². The molecular weight excluding hydrogens is 200 g/mol. The van der Waals surface area contributed by atoms with E-state index in [0.29, 0.717) is 6.54 Å². The summed E-state index contributed by atoms with van der Waals surface area (Å²) in [6, 6.07) is 5.91. The third-order valence-electron chi connectivity index (χ3n) is 2.64. The molecule has 16 heavy (non-hydrogen) atoms. The highest BCUT2D eigenvalue weighted by atomic mass is 15.3. The van der Waals surface area contributed by atoms with Gasteiger partial charge in [0.2, 0.25) is 0 Å². The van der Waals surface area contributed by atoms with E-state index in [9.17, 15) is 0 Å². The molecule has 2 heterocycles. The minimum absolute atomic E-state index is 0.601. The van der Waals surface area contributed by atoms with Gasteiger partial charge in [-0.3, -0.25) is 9.67 Å². The van der Waals surface area contributed by atoms with Crippen LogP contribution in [0.25, 0.3) is 11.3 Å². The molecule has 0 fully saturated rings. The van der Waals surface area contributed by atoms with Crippen LogP contribution in [0.5, 0.6) is 0 Å². The van der Waals surface area contributed by atoms with Crippen LogP contribution in [-0.2, 0) is 6.54 Å². The minimum Gasteiger partial charge on any atom is -0.329 e. The highest BCUT2D eigenvalue weighted by molar-refractivity contribution is 5.64. The van der Waals surface area contributed by atoms with Crippen LogP contribution in [0.1, 0.15) is 11.4 Å². The number of hydrogen-bond acceptors (Lipinski definition) is 3. The zero-order chi connectivity index (χ0) is 11.5. The molecule has 4 heteroatoms. The molecule has 0 unspecified atom stereocenters. The SMILES string of the molecule is Cc1nn(CCN)c(C)c1-c1ccccn1. The summed E-state index contributed by atoms with van der Waals surface area (Å²) in [4.78, 5) is 4.36. The highest BCUT2D eigenvalue weighted by Gasteiger charge is 2.13. The standard InChI is InChI=1S/C12H16N4/c1-9-12(11-5-3-4-7-14-11)10(2)16(15-9)8-6-13/h3-5,7H,6,8,13H2,1-2H3. The molecule has 0 amide bonds. The normalized spacial score (nSPS) is 10.7. The lowest BCUT2D eigenvalue weighted by Gasteiger charge is -2.03. The molecule has 2 rings (SSSR count). The van der Waals surface area contributed by atoms with E-state index in [2.05, 4.69) is 17.0 Å². The fourth-order valence-corrected chi connectivity index (χ4v) is 1.92. The van der Waals surface area contributed by atoms with Crippen LogP contribution in [0.4, 0.5) is 0 Å². The average molecular weight is 216 g/mol. The van der Waals surface area contributed by atoms with Crippen LogP contribution in [0.3, 0.4) is 0 Å². The molecule has 0 aliphatic carbocycles. The number of aromatic nitrogens is 3. The Hall–Kier alpha value is -1.68. The summed E-state index contributed by atoms with van der Waals surface area (Å²) in [6.07, 6.45) is 1.80. The molecule has 0 saturated carbocycles.